The smallest absolute Gasteiger partial charge is 0.255 e. The topological polar surface area (TPSA) is 80.3 Å². The predicted octanol–water partition coefficient (Wildman–Crippen LogP) is 2.74. The van der Waals surface area contributed by atoms with Crippen molar-refractivity contribution in [3.05, 3.63) is 41.1 Å². The molecule has 23 heavy (non-hydrogen) atoms. The summed E-state index contributed by atoms with van der Waals surface area (Å²) in [6, 6.07) is 3.27. The van der Waals surface area contributed by atoms with E-state index in [4.69, 9.17) is 4.42 Å². The Morgan fingerprint density at radius 1 is 1.48 bits per heavy atom. The van der Waals surface area contributed by atoms with Crippen LogP contribution in [0.1, 0.15) is 60.3 Å². The highest BCUT2D eigenvalue weighted by atomic mass is 16.4. The van der Waals surface area contributed by atoms with Crippen molar-refractivity contribution in [2.45, 2.75) is 59.2 Å². The van der Waals surface area contributed by atoms with Crippen molar-refractivity contribution < 1.29 is 14.3 Å². The van der Waals surface area contributed by atoms with Crippen LogP contribution in [-0.4, -0.2) is 26.8 Å². The number of aryl methyl sites for hydroxylation is 2. The maximum absolute atomic E-state index is 12.5. The van der Waals surface area contributed by atoms with Crippen molar-refractivity contribution in [1.82, 2.24) is 15.1 Å². The highest BCUT2D eigenvalue weighted by Gasteiger charge is 2.21. The van der Waals surface area contributed by atoms with Crippen molar-refractivity contribution in [2.24, 2.45) is 0 Å². The van der Waals surface area contributed by atoms with Crippen molar-refractivity contribution >= 4 is 5.91 Å². The summed E-state index contributed by atoms with van der Waals surface area (Å²) in [5.74, 6) is 0.357. The standard InChI is InChI=1S/C17H25N3O3/c1-5-8-20-13(4)16(12(3)19-20)17(22)18-11(2)10-14(21)15-7-6-9-23-15/h6-7,9,11,14,21H,5,8,10H2,1-4H3,(H,18,22). The maximum Gasteiger partial charge on any atom is 0.255 e. The van der Waals surface area contributed by atoms with E-state index in [1.807, 2.05) is 25.5 Å². The van der Waals surface area contributed by atoms with Gasteiger partial charge in [-0.15, -0.1) is 0 Å². The molecule has 2 heterocycles. The Bertz CT molecular complexity index is 646. The lowest BCUT2D eigenvalue weighted by Crippen LogP contribution is -2.34. The van der Waals surface area contributed by atoms with E-state index < -0.39 is 6.10 Å². The Morgan fingerprint density at radius 3 is 2.83 bits per heavy atom. The quantitative estimate of drug-likeness (QED) is 0.822. The predicted molar refractivity (Wildman–Crippen MR) is 87.2 cm³/mol. The van der Waals surface area contributed by atoms with E-state index in [0.29, 0.717) is 17.7 Å². The van der Waals surface area contributed by atoms with Gasteiger partial charge >= 0.3 is 0 Å². The van der Waals surface area contributed by atoms with Crippen LogP contribution in [0.4, 0.5) is 0 Å². The number of nitrogens with zero attached hydrogens (tertiary/aromatic N) is 2. The van der Waals surface area contributed by atoms with Crippen LogP contribution in [-0.2, 0) is 6.54 Å². The molecule has 1 amide bonds. The van der Waals surface area contributed by atoms with Crippen LogP contribution >= 0.6 is 0 Å². The highest BCUT2D eigenvalue weighted by molar-refractivity contribution is 5.96. The number of hydrogen-bond acceptors (Lipinski definition) is 4. The average molecular weight is 319 g/mol. The summed E-state index contributed by atoms with van der Waals surface area (Å²) >= 11 is 0. The largest absolute Gasteiger partial charge is 0.467 e. The number of nitrogens with one attached hydrogen (secondary N) is 1. The lowest BCUT2D eigenvalue weighted by atomic mass is 10.1. The van der Waals surface area contributed by atoms with Gasteiger partial charge in [0.15, 0.2) is 0 Å². The highest BCUT2D eigenvalue weighted by Crippen LogP contribution is 2.19. The molecule has 0 aliphatic carbocycles. The third kappa shape index (κ3) is 4.01. The summed E-state index contributed by atoms with van der Waals surface area (Å²) in [6.07, 6.45) is 2.15. The van der Waals surface area contributed by atoms with E-state index >= 15 is 0 Å². The van der Waals surface area contributed by atoms with Crippen LogP contribution in [0.15, 0.2) is 22.8 Å². The fourth-order valence-corrected chi connectivity index (χ4v) is 2.74. The Balaban J connectivity index is 2.01. The van der Waals surface area contributed by atoms with Gasteiger partial charge in [-0.1, -0.05) is 6.92 Å². The molecule has 6 nitrogen and oxygen atoms in total. The van der Waals surface area contributed by atoms with Gasteiger partial charge in [0.25, 0.3) is 5.91 Å². The summed E-state index contributed by atoms with van der Waals surface area (Å²) in [5, 5.41) is 17.4. The summed E-state index contributed by atoms with van der Waals surface area (Å²) in [4.78, 5) is 12.5. The van der Waals surface area contributed by atoms with Gasteiger partial charge in [0, 0.05) is 24.7 Å². The van der Waals surface area contributed by atoms with E-state index in [2.05, 4.69) is 17.3 Å². The molecule has 0 aromatic carbocycles. The zero-order valence-electron chi connectivity index (χ0n) is 14.2. The molecule has 2 unspecified atom stereocenters. The van der Waals surface area contributed by atoms with Gasteiger partial charge < -0.3 is 14.8 Å². The molecular formula is C17H25N3O3. The minimum atomic E-state index is -0.731. The Hall–Kier alpha value is -2.08. The van der Waals surface area contributed by atoms with Crippen LogP contribution in [0, 0.1) is 13.8 Å². The Labute approximate surface area is 136 Å². The zero-order chi connectivity index (χ0) is 17.0. The second-order valence-corrected chi connectivity index (χ2v) is 5.91. The number of carbonyl (C=O) groups is 1. The van der Waals surface area contributed by atoms with Gasteiger partial charge in [-0.25, -0.2) is 0 Å². The number of carbonyl (C=O) groups excluding carboxylic acids is 1. The SMILES string of the molecule is CCCn1nc(C)c(C(=O)NC(C)CC(O)c2ccco2)c1C. The van der Waals surface area contributed by atoms with Gasteiger partial charge in [-0.2, -0.15) is 5.10 Å². The number of rotatable bonds is 7. The molecule has 2 N–H and O–H groups in total. The van der Waals surface area contributed by atoms with E-state index in [9.17, 15) is 9.90 Å². The first kappa shape index (κ1) is 17.3. The van der Waals surface area contributed by atoms with Crippen LogP contribution in [0.5, 0.6) is 0 Å². The zero-order valence-corrected chi connectivity index (χ0v) is 14.2. The maximum atomic E-state index is 12.5. The minimum Gasteiger partial charge on any atom is -0.467 e. The fourth-order valence-electron chi connectivity index (χ4n) is 2.74. The number of amides is 1. The van der Waals surface area contributed by atoms with Crippen molar-refractivity contribution in [3.63, 3.8) is 0 Å². The number of aromatic nitrogens is 2. The lowest BCUT2D eigenvalue weighted by molar-refractivity contribution is 0.0902. The number of aliphatic hydroxyl groups is 1. The van der Waals surface area contributed by atoms with Gasteiger partial charge in [0.05, 0.1) is 17.5 Å². The lowest BCUT2D eigenvalue weighted by Gasteiger charge is -2.17. The molecule has 6 heteroatoms. The number of aliphatic hydroxyl groups excluding tert-OH is 1. The second kappa shape index (κ2) is 7.46. The molecule has 0 saturated heterocycles. The van der Waals surface area contributed by atoms with Gasteiger partial charge in [-0.05, 0) is 39.3 Å². The van der Waals surface area contributed by atoms with E-state index in [-0.39, 0.29) is 11.9 Å². The average Bonchev–Trinajstić information content (AvgIpc) is 3.08. The first-order chi connectivity index (χ1) is 10.9. The first-order valence-corrected chi connectivity index (χ1v) is 8.00. The van der Waals surface area contributed by atoms with Crippen molar-refractivity contribution in [1.29, 1.82) is 0 Å². The number of hydrogen-bond donors (Lipinski definition) is 2. The van der Waals surface area contributed by atoms with Crippen molar-refractivity contribution in [2.75, 3.05) is 0 Å². The van der Waals surface area contributed by atoms with E-state index in [1.54, 1.807) is 12.1 Å². The van der Waals surface area contributed by atoms with Crippen molar-refractivity contribution in [3.8, 4) is 0 Å². The molecule has 0 bridgehead atoms. The van der Waals surface area contributed by atoms with Gasteiger partial charge in [0.1, 0.15) is 11.9 Å². The Morgan fingerprint density at radius 2 is 2.22 bits per heavy atom. The summed E-state index contributed by atoms with van der Waals surface area (Å²) < 4.78 is 7.05. The molecule has 2 atom stereocenters. The summed E-state index contributed by atoms with van der Waals surface area (Å²) in [7, 11) is 0. The number of furan rings is 1. The monoisotopic (exact) mass is 319 g/mol. The second-order valence-electron chi connectivity index (χ2n) is 5.91. The molecule has 0 fully saturated rings. The minimum absolute atomic E-state index is 0.151. The molecule has 0 radical (unpaired) electrons. The fraction of sp³-hybridized carbons (Fsp3) is 0.529. The summed E-state index contributed by atoms with van der Waals surface area (Å²) in [6.45, 7) is 8.50. The molecule has 0 aliphatic rings. The Kier molecular flexibility index (Phi) is 5.60. The molecule has 2 rings (SSSR count). The van der Waals surface area contributed by atoms with E-state index in [1.165, 1.54) is 6.26 Å². The molecule has 2 aromatic heterocycles. The first-order valence-electron chi connectivity index (χ1n) is 8.00. The summed E-state index contributed by atoms with van der Waals surface area (Å²) in [5.41, 5.74) is 2.23. The molecule has 126 valence electrons. The van der Waals surface area contributed by atoms with E-state index in [0.717, 1.165) is 24.4 Å². The molecule has 0 saturated carbocycles. The third-order valence-corrected chi connectivity index (χ3v) is 3.87. The molecule has 0 spiro atoms. The normalized spacial score (nSPS) is 13.8. The van der Waals surface area contributed by atoms with Crippen LogP contribution in [0.3, 0.4) is 0 Å². The molecular weight excluding hydrogens is 294 g/mol. The van der Waals surface area contributed by atoms with Gasteiger partial charge in [0.2, 0.25) is 0 Å². The molecule has 0 aliphatic heterocycles. The van der Waals surface area contributed by atoms with Gasteiger partial charge in [-0.3, -0.25) is 9.48 Å². The third-order valence-electron chi connectivity index (χ3n) is 3.87. The van der Waals surface area contributed by atoms with Crippen LogP contribution in [0.2, 0.25) is 0 Å². The van der Waals surface area contributed by atoms with Crippen LogP contribution in [0.25, 0.3) is 0 Å². The molecule has 2 aromatic rings. The van der Waals surface area contributed by atoms with Crippen LogP contribution < -0.4 is 5.32 Å².